The summed E-state index contributed by atoms with van der Waals surface area (Å²) in [7, 11) is 0. The molecule has 0 radical (unpaired) electrons. The summed E-state index contributed by atoms with van der Waals surface area (Å²) in [6.07, 6.45) is 2.10. The van der Waals surface area contributed by atoms with Crippen molar-refractivity contribution in [1.82, 2.24) is 0 Å². The molecule has 1 aromatic rings. The second-order valence-electron chi connectivity index (χ2n) is 3.98. The van der Waals surface area contributed by atoms with Crippen molar-refractivity contribution in [3.05, 3.63) is 53.4 Å². The first-order chi connectivity index (χ1) is 8.65. The maximum atomic E-state index is 13.5. The number of hydrogen-bond acceptors (Lipinski definition) is 3. The molecule has 1 aromatic carbocycles. The number of esters is 1. The van der Waals surface area contributed by atoms with E-state index >= 15 is 0 Å². The van der Waals surface area contributed by atoms with Crippen molar-refractivity contribution in [2.24, 2.45) is 0 Å². The lowest BCUT2D eigenvalue weighted by molar-refractivity contribution is -0.138. The molecule has 0 heterocycles. The van der Waals surface area contributed by atoms with Crippen LogP contribution in [-0.4, -0.2) is 17.7 Å². The summed E-state index contributed by atoms with van der Waals surface area (Å²) in [5.41, 5.74) is 0.997. The Morgan fingerprint density at radius 1 is 1.50 bits per heavy atom. The van der Waals surface area contributed by atoms with Gasteiger partial charge in [0.1, 0.15) is 18.2 Å². The van der Waals surface area contributed by atoms with E-state index in [4.69, 9.17) is 4.74 Å². The van der Waals surface area contributed by atoms with Crippen molar-refractivity contribution in [3.8, 4) is 0 Å². The minimum absolute atomic E-state index is 0.0889. The highest BCUT2D eigenvalue weighted by atomic mass is 19.1. The van der Waals surface area contributed by atoms with E-state index in [9.17, 15) is 14.3 Å². The van der Waals surface area contributed by atoms with Crippen molar-refractivity contribution >= 4 is 11.7 Å². The number of carbonyl (C=O) groups is 1. The normalized spacial score (nSPS) is 14.1. The topological polar surface area (TPSA) is 46.5 Å². The van der Waals surface area contributed by atoms with Crippen LogP contribution < -0.4 is 0 Å². The molecule has 1 aliphatic carbocycles. The summed E-state index contributed by atoms with van der Waals surface area (Å²) in [6.45, 7) is 3.53. The van der Waals surface area contributed by atoms with Crippen LogP contribution in [0, 0.1) is 5.82 Å². The Kier molecular flexibility index (Phi) is 3.46. The smallest absolute Gasteiger partial charge is 0.338 e. The van der Waals surface area contributed by atoms with Gasteiger partial charge in [0, 0.05) is 5.56 Å². The SMILES string of the molecule is C=CCOC(=O)C1=C(O)c2cccc(F)c2CC1. The predicted octanol–water partition coefficient (Wildman–Crippen LogP) is 2.77. The minimum Gasteiger partial charge on any atom is -0.507 e. The average molecular weight is 248 g/mol. The molecule has 3 nitrogen and oxygen atoms in total. The van der Waals surface area contributed by atoms with Crippen molar-refractivity contribution in [2.75, 3.05) is 6.61 Å². The Labute approximate surface area is 104 Å². The maximum absolute atomic E-state index is 13.5. The van der Waals surface area contributed by atoms with Crippen LogP contribution in [-0.2, 0) is 16.0 Å². The van der Waals surface area contributed by atoms with E-state index in [0.717, 1.165) is 0 Å². The monoisotopic (exact) mass is 248 g/mol. The van der Waals surface area contributed by atoms with Gasteiger partial charge in [0.25, 0.3) is 0 Å². The summed E-state index contributed by atoms with van der Waals surface area (Å²) < 4.78 is 18.4. The quantitative estimate of drug-likeness (QED) is 0.661. The first-order valence-electron chi connectivity index (χ1n) is 5.63. The van der Waals surface area contributed by atoms with Gasteiger partial charge in [0.15, 0.2) is 0 Å². The van der Waals surface area contributed by atoms with Crippen LogP contribution in [0.3, 0.4) is 0 Å². The molecular formula is C14H13FO3. The van der Waals surface area contributed by atoms with Gasteiger partial charge in [-0.2, -0.15) is 0 Å². The van der Waals surface area contributed by atoms with E-state index in [1.54, 1.807) is 6.07 Å². The molecule has 2 rings (SSSR count). The minimum atomic E-state index is -0.581. The third-order valence-corrected chi connectivity index (χ3v) is 2.86. The highest BCUT2D eigenvalue weighted by Crippen LogP contribution is 2.31. The second-order valence-corrected chi connectivity index (χ2v) is 3.98. The van der Waals surface area contributed by atoms with Crippen molar-refractivity contribution in [1.29, 1.82) is 0 Å². The maximum Gasteiger partial charge on any atom is 0.338 e. The molecule has 0 fully saturated rings. The van der Waals surface area contributed by atoms with Gasteiger partial charge < -0.3 is 9.84 Å². The van der Waals surface area contributed by atoms with Gasteiger partial charge in [-0.1, -0.05) is 24.8 Å². The molecule has 0 aromatic heterocycles. The standard InChI is InChI=1S/C14H13FO3/c1-2-8-18-14(17)11-7-6-9-10(13(11)16)4-3-5-12(9)15/h2-5,16H,1,6-8H2. The number of fused-ring (bicyclic) bond motifs is 1. The van der Waals surface area contributed by atoms with Gasteiger partial charge in [-0.25, -0.2) is 9.18 Å². The Morgan fingerprint density at radius 3 is 3.00 bits per heavy atom. The number of ether oxygens (including phenoxy) is 1. The van der Waals surface area contributed by atoms with E-state index in [1.807, 2.05) is 0 Å². The summed E-state index contributed by atoms with van der Waals surface area (Å²) in [5.74, 6) is -1.13. The summed E-state index contributed by atoms with van der Waals surface area (Å²) in [6, 6.07) is 4.43. The highest BCUT2D eigenvalue weighted by molar-refractivity contribution is 5.97. The number of rotatable bonds is 3. The molecule has 18 heavy (non-hydrogen) atoms. The molecule has 0 spiro atoms. The van der Waals surface area contributed by atoms with Crippen LogP contribution in [0.4, 0.5) is 4.39 Å². The molecule has 0 bridgehead atoms. The Hall–Kier alpha value is -2.10. The fourth-order valence-electron chi connectivity index (χ4n) is 1.99. The first-order valence-corrected chi connectivity index (χ1v) is 5.63. The van der Waals surface area contributed by atoms with Crippen LogP contribution in [0.2, 0.25) is 0 Å². The van der Waals surface area contributed by atoms with Crippen molar-refractivity contribution in [3.63, 3.8) is 0 Å². The van der Waals surface area contributed by atoms with Gasteiger partial charge in [-0.05, 0) is 24.5 Å². The lowest BCUT2D eigenvalue weighted by Gasteiger charge is -2.18. The molecule has 0 atom stereocenters. The number of hydrogen-bond donors (Lipinski definition) is 1. The van der Waals surface area contributed by atoms with Crippen LogP contribution >= 0.6 is 0 Å². The zero-order valence-electron chi connectivity index (χ0n) is 9.78. The van der Waals surface area contributed by atoms with E-state index in [2.05, 4.69) is 6.58 Å². The molecule has 1 aliphatic rings. The molecule has 0 aliphatic heterocycles. The van der Waals surface area contributed by atoms with E-state index < -0.39 is 5.97 Å². The first kappa shape index (κ1) is 12.4. The molecule has 0 saturated carbocycles. The molecule has 4 heteroatoms. The molecule has 0 saturated heterocycles. The zero-order chi connectivity index (χ0) is 13.1. The number of aliphatic hydroxyl groups is 1. The molecule has 94 valence electrons. The molecule has 1 N–H and O–H groups in total. The summed E-state index contributed by atoms with van der Waals surface area (Å²) in [5, 5.41) is 10.0. The van der Waals surface area contributed by atoms with Gasteiger partial charge in [-0.3, -0.25) is 0 Å². The summed E-state index contributed by atoms with van der Waals surface area (Å²) >= 11 is 0. The average Bonchev–Trinajstić information content (AvgIpc) is 2.37. The third-order valence-electron chi connectivity index (χ3n) is 2.86. The molecule has 0 amide bonds. The van der Waals surface area contributed by atoms with Gasteiger partial charge in [0.2, 0.25) is 0 Å². The zero-order valence-corrected chi connectivity index (χ0v) is 9.78. The van der Waals surface area contributed by atoms with Crippen molar-refractivity contribution < 1.29 is 19.0 Å². The summed E-state index contributed by atoms with van der Waals surface area (Å²) in [4.78, 5) is 11.7. The number of benzene rings is 1. The number of aliphatic hydroxyl groups excluding tert-OH is 1. The van der Waals surface area contributed by atoms with Crippen LogP contribution in [0.25, 0.3) is 5.76 Å². The predicted molar refractivity (Wildman–Crippen MR) is 65.4 cm³/mol. The lowest BCUT2D eigenvalue weighted by atomic mass is 9.90. The van der Waals surface area contributed by atoms with E-state index in [1.165, 1.54) is 18.2 Å². The fraction of sp³-hybridized carbons (Fsp3) is 0.214. The molecular weight excluding hydrogens is 235 g/mol. The van der Waals surface area contributed by atoms with Crippen LogP contribution in [0.15, 0.2) is 36.4 Å². The second kappa shape index (κ2) is 5.04. The Balaban J connectivity index is 2.36. The van der Waals surface area contributed by atoms with Gasteiger partial charge in [-0.15, -0.1) is 0 Å². The Bertz CT molecular complexity index is 532. The van der Waals surface area contributed by atoms with E-state index in [-0.39, 0.29) is 30.2 Å². The lowest BCUT2D eigenvalue weighted by Crippen LogP contribution is -2.16. The molecule has 0 unspecified atom stereocenters. The highest BCUT2D eigenvalue weighted by Gasteiger charge is 2.25. The van der Waals surface area contributed by atoms with E-state index in [0.29, 0.717) is 17.5 Å². The third kappa shape index (κ3) is 2.14. The van der Waals surface area contributed by atoms with Crippen molar-refractivity contribution in [2.45, 2.75) is 12.8 Å². The van der Waals surface area contributed by atoms with Gasteiger partial charge in [0.05, 0.1) is 5.57 Å². The largest absolute Gasteiger partial charge is 0.507 e. The Morgan fingerprint density at radius 2 is 2.28 bits per heavy atom. The fourth-order valence-corrected chi connectivity index (χ4v) is 1.99. The number of halogens is 1. The van der Waals surface area contributed by atoms with Crippen LogP contribution in [0.5, 0.6) is 0 Å². The van der Waals surface area contributed by atoms with Gasteiger partial charge >= 0.3 is 5.97 Å². The number of carbonyl (C=O) groups excluding carboxylic acids is 1. The van der Waals surface area contributed by atoms with Crippen LogP contribution in [0.1, 0.15) is 17.5 Å².